The molecule has 0 aliphatic carbocycles. The fourth-order valence-electron chi connectivity index (χ4n) is 1.24. The summed E-state index contributed by atoms with van der Waals surface area (Å²) < 4.78 is 6.49. The van der Waals surface area contributed by atoms with Crippen LogP contribution in [0.3, 0.4) is 0 Å². The number of aromatic nitrogens is 2. The Balaban J connectivity index is 2.84. The number of hydrogen-bond donors (Lipinski definition) is 0. The van der Waals surface area contributed by atoms with Crippen LogP contribution in [0.15, 0.2) is 6.33 Å². The van der Waals surface area contributed by atoms with E-state index in [9.17, 15) is 4.79 Å². The molecule has 0 saturated carbocycles. The van der Waals surface area contributed by atoms with Gasteiger partial charge in [0.25, 0.3) is 5.91 Å². The van der Waals surface area contributed by atoms with Crippen LogP contribution in [0.25, 0.3) is 4.85 Å². The van der Waals surface area contributed by atoms with E-state index in [0.29, 0.717) is 19.0 Å². The molecule has 0 radical (unpaired) electrons. The molecular weight excluding hydrogens is 208 g/mol. The summed E-state index contributed by atoms with van der Waals surface area (Å²) in [7, 11) is 4.99. The fraction of sp³-hybridized carbons (Fsp3) is 0.500. The van der Waals surface area contributed by atoms with Crippen LogP contribution < -0.4 is 0 Å². The number of rotatable bonds is 4. The van der Waals surface area contributed by atoms with Gasteiger partial charge >= 0.3 is 5.82 Å². The number of likely N-dealkylation sites (N-methyl/N-ethyl adjacent to an activating group) is 1. The Bertz CT molecular complexity index is 419. The Morgan fingerprint density at radius 3 is 3.00 bits per heavy atom. The predicted molar refractivity (Wildman–Crippen MR) is 60.0 cm³/mol. The minimum atomic E-state index is -0.221. The average Bonchev–Trinajstić information content (AvgIpc) is 2.66. The van der Waals surface area contributed by atoms with Crippen molar-refractivity contribution in [3.8, 4) is 6.57 Å². The zero-order chi connectivity index (χ0) is 12.1. The minimum Gasteiger partial charge on any atom is -0.383 e. The van der Waals surface area contributed by atoms with Gasteiger partial charge in [-0.25, -0.2) is 9.55 Å². The number of imidazole rings is 1. The molecule has 0 saturated heterocycles. The first kappa shape index (κ1) is 12.2. The Labute approximate surface area is 94.3 Å². The first-order valence-corrected chi connectivity index (χ1v) is 4.78. The summed E-state index contributed by atoms with van der Waals surface area (Å²) in [6.45, 7) is 6.18. The van der Waals surface area contributed by atoms with Crippen molar-refractivity contribution in [3.05, 3.63) is 16.9 Å². The number of methoxy groups -OCH3 is 1. The summed E-state index contributed by atoms with van der Waals surface area (Å²) in [6.07, 6.45) is 1.50. The van der Waals surface area contributed by atoms with E-state index in [0.717, 1.165) is 0 Å². The SMILES string of the molecule is C#[N+]c1c(C(=O)N(C)CCOC)ncn1C. The van der Waals surface area contributed by atoms with Gasteiger partial charge in [0.2, 0.25) is 5.69 Å². The zero-order valence-corrected chi connectivity index (χ0v) is 9.67. The minimum absolute atomic E-state index is 0.221. The summed E-state index contributed by atoms with van der Waals surface area (Å²) in [5.74, 6) is 0.149. The Morgan fingerprint density at radius 1 is 1.75 bits per heavy atom. The fourth-order valence-corrected chi connectivity index (χ4v) is 1.24. The van der Waals surface area contributed by atoms with Gasteiger partial charge in [-0.1, -0.05) is 0 Å². The molecule has 16 heavy (non-hydrogen) atoms. The highest BCUT2D eigenvalue weighted by atomic mass is 16.5. The molecule has 1 rings (SSSR count). The van der Waals surface area contributed by atoms with E-state index in [1.165, 1.54) is 11.2 Å². The molecule has 0 atom stereocenters. The maximum absolute atomic E-state index is 11.9. The summed E-state index contributed by atoms with van der Waals surface area (Å²) in [5, 5.41) is 0. The van der Waals surface area contributed by atoms with E-state index in [4.69, 9.17) is 11.3 Å². The summed E-state index contributed by atoms with van der Waals surface area (Å²) in [5.41, 5.74) is 0.253. The highest BCUT2D eigenvalue weighted by Gasteiger charge is 2.26. The van der Waals surface area contributed by atoms with Gasteiger partial charge in [-0.2, -0.15) is 4.85 Å². The van der Waals surface area contributed by atoms with E-state index in [-0.39, 0.29) is 11.6 Å². The van der Waals surface area contributed by atoms with Gasteiger partial charge < -0.3 is 9.64 Å². The van der Waals surface area contributed by atoms with Crippen LogP contribution in [0.1, 0.15) is 10.5 Å². The normalized spacial score (nSPS) is 9.88. The smallest absolute Gasteiger partial charge is 0.383 e. The lowest BCUT2D eigenvalue weighted by Gasteiger charge is -2.14. The van der Waals surface area contributed by atoms with E-state index in [1.54, 1.807) is 25.8 Å². The van der Waals surface area contributed by atoms with Crippen molar-refractivity contribution in [3.63, 3.8) is 0 Å². The molecule has 0 fully saturated rings. The van der Waals surface area contributed by atoms with Crippen molar-refractivity contribution in [1.29, 1.82) is 0 Å². The Kier molecular flexibility index (Phi) is 4.03. The number of hydrogen-bond acceptors (Lipinski definition) is 3. The number of nitrogens with zero attached hydrogens (tertiary/aromatic N) is 4. The summed E-state index contributed by atoms with van der Waals surface area (Å²) in [4.78, 5) is 20.9. The van der Waals surface area contributed by atoms with Crippen molar-refractivity contribution in [2.75, 3.05) is 27.3 Å². The van der Waals surface area contributed by atoms with Gasteiger partial charge in [0, 0.05) is 20.7 Å². The molecule has 0 bridgehead atoms. The van der Waals surface area contributed by atoms with Crippen LogP contribution in [-0.4, -0.2) is 47.7 Å². The topological polar surface area (TPSA) is 51.7 Å². The van der Waals surface area contributed by atoms with Gasteiger partial charge in [0.15, 0.2) is 6.33 Å². The zero-order valence-electron chi connectivity index (χ0n) is 9.67. The lowest BCUT2D eigenvalue weighted by Crippen LogP contribution is -2.30. The highest BCUT2D eigenvalue weighted by Crippen LogP contribution is 2.17. The predicted octanol–water partition coefficient (Wildman–Crippen LogP) is 0.733. The van der Waals surface area contributed by atoms with Crippen molar-refractivity contribution >= 4 is 11.7 Å². The number of carbonyl (C=O) groups is 1. The molecule has 0 unspecified atom stereocenters. The molecule has 86 valence electrons. The van der Waals surface area contributed by atoms with Crippen LogP contribution in [-0.2, 0) is 11.8 Å². The van der Waals surface area contributed by atoms with Gasteiger partial charge in [-0.3, -0.25) is 4.79 Å². The maximum atomic E-state index is 11.9. The van der Waals surface area contributed by atoms with Crippen molar-refractivity contribution in [2.45, 2.75) is 0 Å². The molecule has 0 aliphatic rings. The molecule has 0 N–H and O–H groups in total. The maximum Gasteiger partial charge on any atom is 0.417 e. The van der Waals surface area contributed by atoms with E-state index < -0.39 is 0 Å². The second kappa shape index (κ2) is 5.28. The monoisotopic (exact) mass is 223 g/mol. The van der Waals surface area contributed by atoms with Crippen LogP contribution in [0, 0.1) is 6.57 Å². The van der Waals surface area contributed by atoms with Gasteiger partial charge in [0.1, 0.15) is 6.57 Å². The quantitative estimate of drug-likeness (QED) is 0.756. The second-order valence-electron chi connectivity index (χ2n) is 3.38. The number of aryl methyl sites for hydroxylation is 1. The molecule has 1 aromatic heterocycles. The number of amides is 1. The molecule has 0 aromatic carbocycles. The molecule has 0 spiro atoms. The third kappa shape index (κ3) is 2.38. The molecule has 6 heteroatoms. The molecular formula is C10H15N4O2+. The average molecular weight is 223 g/mol. The second-order valence-corrected chi connectivity index (χ2v) is 3.38. The van der Waals surface area contributed by atoms with Crippen LogP contribution in [0.2, 0.25) is 0 Å². The van der Waals surface area contributed by atoms with Gasteiger partial charge in [-0.05, 0) is 0 Å². The number of carbonyl (C=O) groups excluding carboxylic acids is 1. The number of ether oxygens (including phenoxy) is 1. The van der Waals surface area contributed by atoms with Gasteiger partial charge in [0.05, 0.1) is 13.7 Å². The van der Waals surface area contributed by atoms with E-state index in [1.807, 2.05) is 0 Å². The first-order valence-electron chi connectivity index (χ1n) is 4.78. The van der Waals surface area contributed by atoms with Crippen molar-refractivity contribution in [1.82, 2.24) is 14.5 Å². The lowest BCUT2D eigenvalue weighted by atomic mass is 10.3. The van der Waals surface area contributed by atoms with E-state index in [2.05, 4.69) is 9.83 Å². The molecule has 1 aromatic rings. The van der Waals surface area contributed by atoms with E-state index >= 15 is 0 Å². The molecule has 0 aliphatic heterocycles. The van der Waals surface area contributed by atoms with Crippen molar-refractivity contribution in [2.24, 2.45) is 7.05 Å². The van der Waals surface area contributed by atoms with Gasteiger partial charge in [-0.15, -0.1) is 0 Å². The highest BCUT2D eigenvalue weighted by molar-refractivity contribution is 5.97. The third-order valence-electron chi connectivity index (χ3n) is 2.21. The summed E-state index contributed by atoms with van der Waals surface area (Å²) >= 11 is 0. The Morgan fingerprint density at radius 2 is 2.44 bits per heavy atom. The third-order valence-corrected chi connectivity index (χ3v) is 2.21. The van der Waals surface area contributed by atoms with Crippen LogP contribution in [0.5, 0.6) is 0 Å². The molecule has 6 nitrogen and oxygen atoms in total. The van der Waals surface area contributed by atoms with Crippen LogP contribution >= 0.6 is 0 Å². The molecule has 1 heterocycles. The Hall–Kier alpha value is -1.87. The largest absolute Gasteiger partial charge is 0.417 e. The lowest BCUT2D eigenvalue weighted by molar-refractivity contribution is 0.0740. The molecule has 1 amide bonds. The van der Waals surface area contributed by atoms with Crippen molar-refractivity contribution < 1.29 is 9.53 Å². The first-order chi connectivity index (χ1) is 7.61. The van der Waals surface area contributed by atoms with Crippen LogP contribution in [0.4, 0.5) is 5.82 Å². The standard InChI is InChI=1S/C10H15N4O2/c1-11-9-8(12-7-14(9)3)10(15)13(2)5-6-16-4/h1,7H,5-6H2,2-4H3/q+1. The summed E-state index contributed by atoms with van der Waals surface area (Å²) in [6, 6.07) is 0.